The van der Waals surface area contributed by atoms with Crippen LogP contribution in [-0.2, 0) is 21.2 Å². The molecule has 35 heavy (non-hydrogen) atoms. The highest BCUT2D eigenvalue weighted by molar-refractivity contribution is 7.97. The van der Waals surface area contributed by atoms with E-state index in [0.717, 1.165) is 4.90 Å². The van der Waals surface area contributed by atoms with Crippen molar-refractivity contribution in [2.75, 3.05) is 0 Å². The lowest BCUT2D eigenvalue weighted by atomic mass is 9.96. The van der Waals surface area contributed by atoms with Crippen LogP contribution in [0.5, 0.6) is 0 Å². The summed E-state index contributed by atoms with van der Waals surface area (Å²) in [5.74, 6) is 1.93. The summed E-state index contributed by atoms with van der Waals surface area (Å²) in [4.78, 5) is 26.8. The Bertz CT molecular complexity index is 1330. The third kappa shape index (κ3) is 5.26. The topological polar surface area (TPSA) is 69.4 Å². The van der Waals surface area contributed by atoms with Crippen molar-refractivity contribution >= 4 is 22.6 Å². The molecule has 0 aliphatic carbocycles. The number of non-ortho nitro benzene ring substituents is 1. The molecule has 0 spiro atoms. The first-order valence-electron chi connectivity index (χ1n) is 10.8. The van der Waals surface area contributed by atoms with Gasteiger partial charge in [0.15, 0.2) is 20.3 Å². The number of ether oxygens (including phenoxy) is 1. The van der Waals surface area contributed by atoms with Crippen LogP contribution < -0.4 is 0 Å². The molecule has 0 aromatic heterocycles. The van der Waals surface area contributed by atoms with Crippen molar-refractivity contribution in [1.82, 2.24) is 0 Å². The molecule has 1 atom stereocenters. The maximum atomic E-state index is 13.0. The van der Waals surface area contributed by atoms with Crippen LogP contribution in [0.4, 0.5) is 5.69 Å². The van der Waals surface area contributed by atoms with Crippen LogP contribution in [0, 0.1) is 22.5 Å². The van der Waals surface area contributed by atoms with E-state index in [2.05, 4.69) is 30.2 Å². The highest BCUT2D eigenvalue weighted by Crippen LogP contribution is 2.32. The summed E-state index contributed by atoms with van der Waals surface area (Å²) in [6, 6.07) is 33.4. The smallest absolute Gasteiger partial charge is 0.339 e. The highest BCUT2D eigenvalue weighted by Gasteiger charge is 2.31. The molecule has 0 aliphatic heterocycles. The van der Waals surface area contributed by atoms with Crippen LogP contribution in [0.1, 0.15) is 22.8 Å². The van der Waals surface area contributed by atoms with Crippen LogP contribution in [0.15, 0.2) is 124 Å². The van der Waals surface area contributed by atoms with Crippen molar-refractivity contribution in [2.24, 2.45) is 0 Å². The second-order valence-electron chi connectivity index (χ2n) is 7.83. The molecule has 0 bridgehead atoms. The number of hydrogen-bond acceptors (Lipinski definition) is 4. The Morgan fingerprint density at radius 2 is 1.31 bits per heavy atom. The van der Waals surface area contributed by atoms with Crippen LogP contribution in [0.25, 0.3) is 0 Å². The molecule has 0 amide bonds. The van der Waals surface area contributed by atoms with E-state index in [9.17, 15) is 14.9 Å². The molecule has 0 fully saturated rings. The molecule has 1 unspecified atom stereocenters. The zero-order chi connectivity index (χ0) is 24.8. The van der Waals surface area contributed by atoms with Gasteiger partial charge in [-0.05, 0) is 67.6 Å². The monoisotopic (exact) mass is 480 g/mol. The summed E-state index contributed by atoms with van der Waals surface area (Å²) in [5, 5.41) is 10.9. The number of rotatable bonds is 7. The Kier molecular flexibility index (Phi) is 7.00. The van der Waals surface area contributed by atoms with E-state index in [1.54, 1.807) is 19.1 Å². The second kappa shape index (κ2) is 10.3. The number of carbonyl (C=O) groups is 1. The maximum absolute atomic E-state index is 13.0. The zero-order valence-electron chi connectivity index (χ0n) is 19.0. The third-order valence-electron chi connectivity index (χ3n) is 5.48. The van der Waals surface area contributed by atoms with Crippen molar-refractivity contribution in [3.8, 4) is 12.3 Å². The van der Waals surface area contributed by atoms with E-state index >= 15 is 0 Å². The van der Waals surface area contributed by atoms with Crippen LogP contribution in [-0.4, -0.2) is 10.9 Å². The Labute approximate surface area is 206 Å². The van der Waals surface area contributed by atoms with Gasteiger partial charge >= 0.3 is 5.97 Å². The first-order chi connectivity index (χ1) is 16.9. The van der Waals surface area contributed by atoms with Crippen molar-refractivity contribution in [2.45, 2.75) is 27.2 Å². The van der Waals surface area contributed by atoms with Gasteiger partial charge in [-0.2, -0.15) is 0 Å². The molecule has 0 aliphatic rings. The molecular weight excluding hydrogens is 458 g/mol. The Balaban J connectivity index is 1.59. The lowest BCUT2D eigenvalue weighted by molar-refractivity contribution is -0.384. The Hall–Kier alpha value is -4.34. The van der Waals surface area contributed by atoms with E-state index in [1.165, 1.54) is 34.1 Å². The number of nitro groups is 1. The average Bonchev–Trinajstić information content (AvgIpc) is 2.90. The first-order valence-corrected chi connectivity index (χ1v) is 12.0. The van der Waals surface area contributed by atoms with Gasteiger partial charge in [0.25, 0.3) is 5.69 Å². The van der Waals surface area contributed by atoms with Crippen molar-refractivity contribution in [1.29, 1.82) is 0 Å². The quantitative estimate of drug-likeness (QED) is 0.101. The minimum atomic E-state index is -1.37. The Morgan fingerprint density at radius 3 is 1.77 bits per heavy atom. The van der Waals surface area contributed by atoms with Crippen LogP contribution in [0.2, 0.25) is 0 Å². The van der Waals surface area contributed by atoms with E-state index in [-0.39, 0.29) is 16.6 Å². The van der Waals surface area contributed by atoms with Gasteiger partial charge in [-0.15, -0.1) is 6.42 Å². The molecule has 4 aromatic rings. The summed E-state index contributed by atoms with van der Waals surface area (Å²) in [6.45, 7) is 1.59. The first kappa shape index (κ1) is 23.8. The summed E-state index contributed by atoms with van der Waals surface area (Å²) >= 11 is 0. The molecule has 4 aromatic carbocycles. The number of nitrogens with zero attached hydrogens (tertiary/aromatic N) is 1. The number of hydrogen-bond donors (Lipinski definition) is 0. The van der Waals surface area contributed by atoms with Gasteiger partial charge in [0, 0.05) is 17.7 Å². The van der Waals surface area contributed by atoms with Gasteiger partial charge in [0.1, 0.15) is 0 Å². The third-order valence-corrected chi connectivity index (χ3v) is 7.72. The van der Waals surface area contributed by atoms with Crippen molar-refractivity contribution in [3.05, 3.63) is 130 Å². The highest BCUT2D eigenvalue weighted by atomic mass is 32.2. The number of carbonyl (C=O) groups excluding carboxylic acids is 1. The van der Waals surface area contributed by atoms with E-state index < -0.39 is 16.5 Å². The second-order valence-corrected chi connectivity index (χ2v) is 9.85. The fraction of sp³-hybridized carbons (Fsp3) is 0.0690. The van der Waals surface area contributed by atoms with Gasteiger partial charge < -0.3 is 4.74 Å². The zero-order valence-corrected chi connectivity index (χ0v) is 19.8. The average molecular weight is 481 g/mol. The standard InChI is InChI=1S/C29H22NO4S/c1-3-29(2,23-16-18-24(19-17-23)30(32)33)34-28(31)22-14-20-27(21-15-22)35(25-10-6-4-7-11-25)26-12-8-5-9-13-26/h1,4-21H,2H3/q+1. The molecular formula is C29H22NO4S+. The van der Waals surface area contributed by atoms with Gasteiger partial charge in [-0.3, -0.25) is 10.1 Å². The maximum Gasteiger partial charge on any atom is 0.339 e. The van der Waals surface area contributed by atoms with E-state index in [4.69, 9.17) is 11.2 Å². The van der Waals surface area contributed by atoms with Crippen LogP contribution in [0.3, 0.4) is 0 Å². The minimum absolute atomic E-state index is 0.0674. The molecule has 172 valence electrons. The molecule has 0 radical (unpaired) electrons. The SMILES string of the molecule is C#CC(C)(OC(=O)c1ccc([S+](c2ccccc2)c2ccccc2)cc1)c1ccc([N+](=O)[O-])cc1. The number of terminal acetylenes is 1. The predicted octanol–water partition coefficient (Wildman–Crippen LogP) is 6.40. The molecule has 0 heterocycles. The molecule has 6 heteroatoms. The van der Waals surface area contributed by atoms with Gasteiger partial charge in [-0.1, -0.05) is 42.3 Å². The fourth-order valence-corrected chi connectivity index (χ4v) is 5.65. The molecule has 5 nitrogen and oxygen atoms in total. The minimum Gasteiger partial charge on any atom is -0.438 e. The number of nitro benzene ring substituents is 1. The number of benzene rings is 4. The molecule has 0 saturated heterocycles. The van der Waals surface area contributed by atoms with E-state index in [0.29, 0.717) is 11.1 Å². The molecule has 0 N–H and O–H groups in total. The summed E-state index contributed by atoms with van der Waals surface area (Å²) in [5.41, 5.74) is -0.599. The normalized spacial score (nSPS) is 12.4. The fourth-order valence-electron chi connectivity index (χ4n) is 3.57. The number of esters is 1. The van der Waals surface area contributed by atoms with Gasteiger partial charge in [0.2, 0.25) is 0 Å². The van der Waals surface area contributed by atoms with Crippen LogP contribution >= 0.6 is 0 Å². The largest absolute Gasteiger partial charge is 0.438 e. The lowest BCUT2D eigenvalue weighted by Crippen LogP contribution is -2.27. The molecule has 4 rings (SSSR count). The lowest BCUT2D eigenvalue weighted by Gasteiger charge is -2.24. The summed E-state index contributed by atoms with van der Waals surface area (Å²) in [7, 11) is -0.332. The predicted molar refractivity (Wildman–Crippen MR) is 136 cm³/mol. The summed E-state index contributed by atoms with van der Waals surface area (Å²) < 4.78 is 5.69. The van der Waals surface area contributed by atoms with Crippen molar-refractivity contribution in [3.63, 3.8) is 0 Å². The Morgan fingerprint density at radius 1 is 0.829 bits per heavy atom. The summed E-state index contributed by atoms with van der Waals surface area (Å²) in [6.07, 6.45) is 5.70. The molecule has 0 saturated carbocycles. The van der Waals surface area contributed by atoms with Crippen molar-refractivity contribution < 1.29 is 14.5 Å². The van der Waals surface area contributed by atoms with E-state index in [1.807, 2.05) is 48.5 Å². The van der Waals surface area contributed by atoms with Gasteiger partial charge in [-0.25, -0.2) is 4.79 Å². The van der Waals surface area contributed by atoms with Gasteiger partial charge in [0.05, 0.1) is 21.4 Å².